The Hall–Kier alpha value is -2.71. The fourth-order valence-corrected chi connectivity index (χ4v) is 5.31. The molecule has 9 heteroatoms. The van der Waals surface area contributed by atoms with Gasteiger partial charge in [-0.15, -0.1) is 0 Å². The first-order chi connectivity index (χ1) is 16.9. The molecule has 35 heavy (non-hydrogen) atoms. The summed E-state index contributed by atoms with van der Waals surface area (Å²) in [5.41, 5.74) is 0.931. The number of piperidine rings is 1. The Kier molecular flexibility index (Phi) is 6.68. The van der Waals surface area contributed by atoms with Crippen molar-refractivity contribution >= 4 is 34.0 Å². The lowest BCUT2D eigenvalue weighted by Gasteiger charge is -2.36. The van der Waals surface area contributed by atoms with Gasteiger partial charge in [0.05, 0.1) is 29.9 Å². The van der Waals surface area contributed by atoms with Gasteiger partial charge in [-0.05, 0) is 56.4 Å². The van der Waals surface area contributed by atoms with Gasteiger partial charge in [0.2, 0.25) is 0 Å². The average molecular weight is 500 g/mol. The van der Waals surface area contributed by atoms with Gasteiger partial charge in [-0.3, -0.25) is 4.98 Å². The van der Waals surface area contributed by atoms with E-state index in [-0.39, 0.29) is 18.3 Å². The number of alkyl halides is 1. The van der Waals surface area contributed by atoms with E-state index >= 15 is 4.39 Å². The first-order valence-corrected chi connectivity index (χ1v) is 12.6. The molecule has 1 aliphatic carbocycles. The van der Waals surface area contributed by atoms with Crippen molar-refractivity contribution in [2.24, 2.45) is 0 Å². The second-order valence-corrected chi connectivity index (χ2v) is 9.92. The number of hydrogen-bond donors (Lipinski definition) is 1. The lowest BCUT2D eigenvalue weighted by atomic mass is 9.81. The van der Waals surface area contributed by atoms with Crippen molar-refractivity contribution in [2.45, 2.75) is 43.7 Å². The molecule has 5 rings (SSSR count). The number of nitrogens with zero attached hydrogens (tertiary/aromatic N) is 5. The topological polar surface area (TPSA) is 74.6 Å². The summed E-state index contributed by atoms with van der Waals surface area (Å²) >= 11 is 6.69. The summed E-state index contributed by atoms with van der Waals surface area (Å²) in [5, 5.41) is 10.7. The number of aromatic nitrogens is 3. The first kappa shape index (κ1) is 24.0. The molecule has 3 aromatic rings. The van der Waals surface area contributed by atoms with Gasteiger partial charge in [-0.1, -0.05) is 11.6 Å². The molecule has 3 heterocycles. The molecule has 1 aromatic carbocycles. The van der Waals surface area contributed by atoms with Crippen LogP contribution in [-0.4, -0.2) is 60.5 Å². The van der Waals surface area contributed by atoms with Gasteiger partial charge in [-0.2, -0.15) is 0 Å². The van der Waals surface area contributed by atoms with E-state index in [1.54, 1.807) is 13.3 Å². The molecule has 0 amide bonds. The van der Waals surface area contributed by atoms with Crippen molar-refractivity contribution in [2.75, 3.05) is 50.2 Å². The maximum atomic E-state index is 15.5. The summed E-state index contributed by atoms with van der Waals surface area (Å²) in [7, 11) is 3.58. The predicted octanol–water partition coefficient (Wildman–Crippen LogP) is 4.85. The van der Waals surface area contributed by atoms with Crippen LogP contribution in [0, 0.1) is 0 Å². The third kappa shape index (κ3) is 4.49. The van der Waals surface area contributed by atoms with Crippen LogP contribution in [0.4, 0.5) is 15.9 Å². The number of aliphatic hydroxyl groups excluding tert-OH is 1. The zero-order valence-electron chi connectivity index (χ0n) is 20.2. The van der Waals surface area contributed by atoms with Crippen LogP contribution in [0.5, 0.6) is 5.75 Å². The van der Waals surface area contributed by atoms with Crippen LogP contribution in [-0.2, 0) is 5.67 Å². The summed E-state index contributed by atoms with van der Waals surface area (Å²) < 4.78 is 21.0. The summed E-state index contributed by atoms with van der Waals surface area (Å²) in [6.45, 7) is 2.01. The Bertz CT molecular complexity index is 1210. The van der Waals surface area contributed by atoms with Crippen LogP contribution in [0.1, 0.15) is 49.5 Å². The van der Waals surface area contributed by atoms with Gasteiger partial charge in [0.1, 0.15) is 11.6 Å². The van der Waals surface area contributed by atoms with E-state index in [4.69, 9.17) is 21.3 Å². The fourth-order valence-electron chi connectivity index (χ4n) is 5.06. The number of ether oxygens (including phenoxy) is 1. The van der Waals surface area contributed by atoms with Gasteiger partial charge in [0, 0.05) is 49.9 Å². The lowest BCUT2D eigenvalue weighted by Crippen LogP contribution is -2.36. The molecule has 2 aromatic heterocycles. The number of likely N-dealkylation sites (N-methyl/N-ethyl adjacent to an activating group) is 1. The molecule has 1 N–H and O–H groups in total. The molecule has 1 aliphatic heterocycles. The molecule has 0 spiro atoms. The van der Waals surface area contributed by atoms with Crippen LogP contribution in [0.2, 0.25) is 5.02 Å². The summed E-state index contributed by atoms with van der Waals surface area (Å²) in [5.74, 6) is 2.05. The van der Waals surface area contributed by atoms with E-state index in [2.05, 4.69) is 14.9 Å². The standard InChI is InChI=1S/C26H31ClFN5O2/c1-32(13-14-34)18-15-19-23(20(27)16-18)30-25(26(28)8-4-9-26)31-24(19)33-11-6-17(7-12-33)22-21(35-2)5-3-10-29-22/h3,5,10,15-17,34H,4,6-9,11-14H2,1-2H3. The molecule has 0 bridgehead atoms. The van der Waals surface area contributed by atoms with Crippen LogP contribution >= 0.6 is 11.6 Å². The predicted molar refractivity (Wildman–Crippen MR) is 137 cm³/mol. The number of aliphatic hydroxyl groups is 1. The Morgan fingerprint density at radius 3 is 2.69 bits per heavy atom. The van der Waals surface area contributed by atoms with Crippen molar-refractivity contribution in [3.63, 3.8) is 0 Å². The van der Waals surface area contributed by atoms with Crippen molar-refractivity contribution in [1.29, 1.82) is 0 Å². The molecule has 1 saturated heterocycles. The number of hydrogen-bond acceptors (Lipinski definition) is 7. The average Bonchev–Trinajstić information content (AvgIpc) is 2.87. The highest BCUT2D eigenvalue weighted by molar-refractivity contribution is 6.35. The number of pyridine rings is 1. The zero-order valence-corrected chi connectivity index (χ0v) is 20.9. The second-order valence-electron chi connectivity index (χ2n) is 9.51. The molecule has 186 valence electrons. The normalized spacial score (nSPS) is 17.9. The summed E-state index contributed by atoms with van der Waals surface area (Å²) in [6.07, 6.45) is 5.28. The highest BCUT2D eigenvalue weighted by Crippen LogP contribution is 2.46. The zero-order chi connectivity index (χ0) is 24.6. The monoisotopic (exact) mass is 499 g/mol. The maximum Gasteiger partial charge on any atom is 0.170 e. The number of anilines is 2. The van der Waals surface area contributed by atoms with E-state index in [1.807, 2.05) is 36.2 Å². The SMILES string of the molecule is COc1cccnc1C1CCN(c2nc(C3(F)CCC3)nc3c(Cl)cc(N(C)CCO)cc23)CC1. The summed E-state index contributed by atoms with van der Waals surface area (Å²) in [4.78, 5) is 18.2. The molecule has 2 aliphatic rings. The molecular formula is C26H31ClFN5O2. The number of rotatable bonds is 7. The van der Waals surface area contributed by atoms with Gasteiger partial charge in [-0.25, -0.2) is 14.4 Å². The molecule has 2 fully saturated rings. The second kappa shape index (κ2) is 9.74. The van der Waals surface area contributed by atoms with E-state index in [0.717, 1.165) is 60.7 Å². The Morgan fingerprint density at radius 1 is 1.26 bits per heavy atom. The van der Waals surface area contributed by atoms with Crippen LogP contribution in [0.15, 0.2) is 30.5 Å². The number of benzene rings is 1. The first-order valence-electron chi connectivity index (χ1n) is 12.2. The Labute approximate surface area is 209 Å². The van der Waals surface area contributed by atoms with E-state index in [0.29, 0.717) is 29.9 Å². The minimum atomic E-state index is -1.49. The summed E-state index contributed by atoms with van der Waals surface area (Å²) in [6, 6.07) is 7.65. The Morgan fingerprint density at radius 2 is 2.03 bits per heavy atom. The van der Waals surface area contributed by atoms with E-state index < -0.39 is 5.67 Å². The van der Waals surface area contributed by atoms with Crippen LogP contribution < -0.4 is 14.5 Å². The van der Waals surface area contributed by atoms with E-state index in [1.165, 1.54) is 0 Å². The lowest BCUT2D eigenvalue weighted by molar-refractivity contribution is 0.0512. The van der Waals surface area contributed by atoms with Crippen LogP contribution in [0.3, 0.4) is 0 Å². The number of halogens is 2. The highest BCUT2D eigenvalue weighted by Gasteiger charge is 2.43. The van der Waals surface area contributed by atoms with Gasteiger partial charge < -0.3 is 19.6 Å². The molecular weight excluding hydrogens is 469 g/mol. The number of fused-ring (bicyclic) bond motifs is 1. The number of methoxy groups -OCH3 is 1. The quantitative estimate of drug-likeness (QED) is 0.498. The van der Waals surface area contributed by atoms with Gasteiger partial charge >= 0.3 is 0 Å². The minimum absolute atomic E-state index is 0.0311. The smallest absolute Gasteiger partial charge is 0.170 e. The van der Waals surface area contributed by atoms with Crippen molar-refractivity contribution in [1.82, 2.24) is 15.0 Å². The van der Waals surface area contributed by atoms with Crippen molar-refractivity contribution < 1.29 is 14.2 Å². The van der Waals surface area contributed by atoms with E-state index in [9.17, 15) is 5.11 Å². The minimum Gasteiger partial charge on any atom is -0.495 e. The largest absolute Gasteiger partial charge is 0.495 e. The fraction of sp³-hybridized carbons (Fsp3) is 0.500. The third-order valence-corrected chi connectivity index (χ3v) is 7.63. The van der Waals surface area contributed by atoms with Gasteiger partial charge in [0.15, 0.2) is 11.5 Å². The highest BCUT2D eigenvalue weighted by atomic mass is 35.5. The third-order valence-electron chi connectivity index (χ3n) is 7.34. The molecule has 0 unspecified atom stereocenters. The van der Waals surface area contributed by atoms with Crippen LogP contribution in [0.25, 0.3) is 10.9 Å². The maximum absolute atomic E-state index is 15.5. The molecule has 1 saturated carbocycles. The molecule has 0 radical (unpaired) electrons. The van der Waals surface area contributed by atoms with Gasteiger partial charge in [0.25, 0.3) is 0 Å². The Balaban J connectivity index is 1.52. The molecule has 7 nitrogen and oxygen atoms in total. The van der Waals surface area contributed by atoms with Crippen molar-refractivity contribution in [3.05, 3.63) is 47.0 Å². The van der Waals surface area contributed by atoms with Crippen molar-refractivity contribution in [3.8, 4) is 5.75 Å². The molecule has 0 atom stereocenters.